The van der Waals surface area contributed by atoms with E-state index in [-0.39, 0.29) is 17.3 Å². The van der Waals surface area contributed by atoms with Gasteiger partial charge in [0.1, 0.15) is 24.2 Å². The van der Waals surface area contributed by atoms with Gasteiger partial charge in [0.05, 0.1) is 10.9 Å². The first-order valence-electron chi connectivity index (χ1n) is 11.9. The predicted molar refractivity (Wildman–Crippen MR) is 141 cm³/mol. The topological polar surface area (TPSA) is 99.2 Å². The summed E-state index contributed by atoms with van der Waals surface area (Å²) in [6.45, 7) is 0.484. The van der Waals surface area contributed by atoms with E-state index in [0.29, 0.717) is 40.6 Å². The van der Waals surface area contributed by atoms with Crippen LogP contribution in [-0.2, 0) is 14.6 Å². The maximum Gasteiger partial charge on any atom is 0.326 e. The van der Waals surface area contributed by atoms with Crippen LogP contribution in [0.15, 0.2) is 82.7 Å². The summed E-state index contributed by atoms with van der Waals surface area (Å²) in [5.41, 5.74) is 1.71. The molecule has 0 radical (unpaired) electrons. The molecule has 3 aromatic carbocycles. The summed E-state index contributed by atoms with van der Waals surface area (Å²) in [7, 11) is -3.43. The van der Waals surface area contributed by atoms with Crippen LogP contribution in [0.4, 0.5) is 9.18 Å². The Balaban J connectivity index is 1.68. The van der Waals surface area contributed by atoms with Crippen LogP contribution in [0.1, 0.15) is 28.8 Å². The number of amides is 3. The zero-order chi connectivity index (χ0) is 27.0. The van der Waals surface area contributed by atoms with Crippen molar-refractivity contribution < 1.29 is 22.4 Å². The van der Waals surface area contributed by atoms with Gasteiger partial charge in [0.15, 0.2) is 9.84 Å². The summed E-state index contributed by atoms with van der Waals surface area (Å²) in [5.74, 6) is -0.440. The van der Waals surface area contributed by atoms with Gasteiger partial charge >= 0.3 is 6.03 Å². The number of hydrogen-bond acceptors (Lipinski definition) is 5. The number of benzene rings is 3. The minimum Gasteiger partial charge on any atom is -0.353 e. The minimum atomic E-state index is -3.43. The van der Waals surface area contributed by atoms with E-state index in [1.54, 1.807) is 48.5 Å². The van der Waals surface area contributed by atoms with E-state index < -0.39 is 33.8 Å². The zero-order valence-corrected chi connectivity index (χ0v) is 21.9. The highest BCUT2D eigenvalue weighted by Crippen LogP contribution is 2.44. The molecule has 2 heterocycles. The van der Waals surface area contributed by atoms with Crippen molar-refractivity contribution in [2.75, 3.05) is 25.9 Å². The first-order chi connectivity index (χ1) is 18.1. The number of halogens is 2. The van der Waals surface area contributed by atoms with Crippen molar-refractivity contribution in [1.29, 1.82) is 0 Å². The van der Waals surface area contributed by atoms with E-state index in [2.05, 4.69) is 5.32 Å². The van der Waals surface area contributed by atoms with Crippen LogP contribution in [-0.4, -0.2) is 61.9 Å². The molecule has 0 saturated carbocycles. The Morgan fingerprint density at radius 1 is 1.05 bits per heavy atom. The van der Waals surface area contributed by atoms with Crippen LogP contribution < -0.4 is 5.32 Å². The van der Waals surface area contributed by atoms with Crippen LogP contribution in [0, 0.1) is 5.82 Å². The van der Waals surface area contributed by atoms with Gasteiger partial charge < -0.3 is 10.2 Å². The van der Waals surface area contributed by atoms with E-state index in [1.807, 2.05) is 0 Å². The molecule has 38 heavy (non-hydrogen) atoms. The van der Waals surface area contributed by atoms with Crippen LogP contribution in [0.5, 0.6) is 0 Å². The monoisotopic (exact) mass is 554 g/mol. The summed E-state index contributed by atoms with van der Waals surface area (Å²) in [6.07, 6.45) is 1.12. The maximum atomic E-state index is 14.5. The highest BCUT2D eigenvalue weighted by atomic mass is 35.5. The number of carbonyl (C=O) groups excluding carboxylic acids is 2. The van der Waals surface area contributed by atoms with Crippen molar-refractivity contribution in [2.24, 2.45) is 4.99 Å². The van der Waals surface area contributed by atoms with Gasteiger partial charge in [-0.15, -0.1) is 0 Å². The van der Waals surface area contributed by atoms with Gasteiger partial charge in [-0.1, -0.05) is 48.0 Å². The average Bonchev–Trinajstić information content (AvgIpc) is 3.28. The SMILES string of the molecule is CS(=O)(=O)c1ccc(C2N=C(c3cccc(Cl)c3)N(C(=O)N3CCNC(=O)C3)C2c2cccc(F)c2)cc1. The first kappa shape index (κ1) is 25.9. The molecule has 0 spiro atoms. The molecule has 2 unspecified atom stereocenters. The number of carbonyl (C=O) groups is 2. The van der Waals surface area contributed by atoms with E-state index in [4.69, 9.17) is 16.6 Å². The number of piperazine rings is 1. The third kappa shape index (κ3) is 5.14. The summed E-state index contributed by atoms with van der Waals surface area (Å²) in [6, 6.07) is 17.2. The molecule has 1 fully saturated rings. The Morgan fingerprint density at radius 2 is 1.79 bits per heavy atom. The molecule has 5 rings (SSSR count). The Hall–Kier alpha value is -3.76. The second kappa shape index (κ2) is 10.2. The van der Waals surface area contributed by atoms with Crippen LogP contribution in [0.25, 0.3) is 0 Å². The maximum absolute atomic E-state index is 14.5. The van der Waals surface area contributed by atoms with Crippen LogP contribution >= 0.6 is 11.6 Å². The van der Waals surface area contributed by atoms with Gasteiger partial charge in [0.2, 0.25) is 5.91 Å². The smallest absolute Gasteiger partial charge is 0.326 e. The Bertz CT molecular complexity index is 1540. The fraction of sp³-hybridized carbons (Fsp3) is 0.222. The molecule has 3 amide bonds. The lowest BCUT2D eigenvalue weighted by Gasteiger charge is -2.35. The largest absolute Gasteiger partial charge is 0.353 e. The minimum absolute atomic E-state index is 0.123. The third-order valence-corrected chi connectivity index (χ3v) is 7.87. The number of amidine groups is 1. The van der Waals surface area contributed by atoms with Gasteiger partial charge in [0.25, 0.3) is 0 Å². The summed E-state index contributed by atoms with van der Waals surface area (Å²) in [5, 5.41) is 3.16. The number of sulfone groups is 1. The zero-order valence-electron chi connectivity index (χ0n) is 20.3. The van der Waals surface area contributed by atoms with Gasteiger partial charge in [-0.2, -0.15) is 0 Å². The molecule has 196 valence electrons. The summed E-state index contributed by atoms with van der Waals surface area (Å²) in [4.78, 5) is 34.1. The molecule has 8 nitrogen and oxygen atoms in total. The van der Waals surface area contributed by atoms with E-state index >= 15 is 0 Å². The van der Waals surface area contributed by atoms with Gasteiger partial charge in [-0.05, 0) is 47.5 Å². The molecule has 2 aliphatic heterocycles. The molecule has 1 saturated heterocycles. The quantitative estimate of drug-likeness (QED) is 0.527. The summed E-state index contributed by atoms with van der Waals surface area (Å²) < 4.78 is 38.5. The number of hydrogen-bond donors (Lipinski definition) is 1. The van der Waals surface area contributed by atoms with Gasteiger partial charge in [-0.3, -0.25) is 14.7 Å². The fourth-order valence-corrected chi connectivity index (χ4v) is 5.55. The second-order valence-electron chi connectivity index (χ2n) is 9.17. The standard InChI is InChI=1S/C27H24ClFN4O4S/c1-38(36,37)22-10-8-17(9-11-22)24-25(18-4-3-7-21(29)15-18)33(27(35)32-13-12-30-23(34)16-32)26(31-24)19-5-2-6-20(28)14-19/h2-11,14-15,24-25H,12-13,16H2,1H3,(H,30,34). The Labute approximate surface area is 224 Å². The van der Waals surface area contributed by atoms with Crippen LogP contribution in [0.2, 0.25) is 5.02 Å². The van der Waals surface area contributed by atoms with Crippen molar-refractivity contribution >= 4 is 39.2 Å². The first-order valence-corrected chi connectivity index (χ1v) is 14.1. The number of nitrogens with zero attached hydrogens (tertiary/aromatic N) is 3. The molecule has 3 aromatic rings. The molecule has 2 aliphatic rings. The number of nitrogens with one attached hydrogen (secondary N) is 1. The van der Waals surface area contributed by atoms with E-state index in [0.717, 1.165) is 6.26 Å². The highest BCUT2D eigenvalue weighted by molar-refractivity contribution is 7.90. The van der Waals surface area contributed by atoms with Crippen molar-refractivity contribution in [3.63, 3.8) is 0 Å². The normalized spacial score (nSPS) is 19.8. The molecule has 0 bridgehead atoms. The van der Waals surface area contributed by atoms with Crippen molar-refractivity contribution in [3.05, 3.63) is 100 Å². The molecule has 0 aromatic heterocycles. The lowest BCUT2D eigenvalue weighted by atomic mass is 9.93. The predicted octanol–water partition coefficient (Wildman–Crippen LogP) is 3.98. The third-order valence-electron chi connectivity index (χ3n) is 6.50. The van der Waals surface area contributed by atoms with Crippen molar-refractivity contribution in [1.82, 2.24) is 15.1 Å². The Kier molecular flexibility index (Phi) is 6.93. The average molecular weight is 555 g/mol. The van der Waals surface area contributed by atoms with Crippen molar-refractivity contribution in [2.45, 2.75) is 17.0 Å². The molecular weight excluding hydrogens is 531 g/mol. The Morgan fingerprint density at radius 3 is 2.45 bits per heavy atom. The second-order valence-corrected chi connectivity index (χ2v) is 11.6. The van der Waals surface area contributed by atoms with Crippen molar-refractivity contribution in [3.8, 4) is 0 Å². The fourth-order valence-electron chi connectivity index (χ4n) is 4.73. The van der Waals surface area contributed by atoms with E-state index in [1.165, 1.54) is 34.1 Å². The molecule has 0 aliphatic carbocycles. The lowest BCUT2D eigenvalue weighted by Crippen LogP contribution is -2.55. The molecule has 1 N–H and O–H groups in total. The molecule has 11 heteroatoms. The van der Waals surface area contributed by atoms with Crippen LogP contribution in [0.3, 0.4) is 0 Å². The lowest BCUT2D eigenvalue weighted by molar-refractivity contribution is -0.123. The molecular formula is C27H24ClFN4O4S. The highest BCUT2D eigenvalue weighted by Gasteiger charge is 2.44. The van der Waals surface area contributed by atoms with Gasteiger partial charge in [-0.25, -0.2) is 17.6 Å². The number of urea groups is 1. The number of aliphatic imine (C=N–C) groups is 1. The van der Waals surface area contributed by atoms with Gasteiger partial charge in [0, 0.05) is 29.9 Å². The van der Waals surface area contributed by atoms with E-state index in [9.17, 15) is 22.4 Å². The number of rotatable bonds is 4. The summed E-state index contributed by atoms with van der Waals surface area (Å²) >= 11 is 6.28. The molecule has 2 atom stereocenters.